The Labute approximate surface area is 120 Å². The van der Waals surface area contributed by atoms with Crippen molar-refractivity contribution < 1.29 is 4.79 Å². The molecule has 2 N–H and O–H groups in total. The fourth-order valence-corrected chi connectivity index (χ4v) is 3.15. The van der Waals surface area contributed by atoms with Crippen molar-refractivity contribution in [1.82, 2.24) is 10.2 Å². The molecule has 2 aliphatic rings. The summed E-state index contributed by atoms with van der Waals surface area (Å²) in [5, 5.41) is 6.56. The lowest BCUT2D eigenvalue weighted by Gasteiger charge is -2.35. The van der Waals surface area contributed by atoms with Crippen molar-refractivity contribution in [3.05, 3.63) is 29.3 Å². The summed E-state index contributed by atoms with van der Waals surface area (Å²) < 4.78 is 0. The van der Waals surface area contributed by atoms with Crippen molar-refractivity contribution in [2.24, 2.45) is 5.92 Å². The average molecular weight is 273 g/mol. The Morgan fingerprint density at radius 1 is 1.45 bits per heavy atom. The summed E-state index contributed by atoms with van der Waals surface area (Å²) in [4.78, 5) is 13.4. The zero-order valence-corrected chi connectivity index (χ0v) is 12.3. The van der Waals surface area contributed by atoms with Gasteiger partial charge >= 0.3 is 6.03 Å². The minimum absolute atomic E-state index is 0.0209. The van der Waals surface area contributed by atoms with E-state index in [1.54, 1.807) is 4.90 Å². The number of urea groups is 1. The lowest BCUT2D eigenvalue weighted by molar-refractivity contribution is 0.218. The maximum atomic E-state index is 11.6. The normalized spacial score (nSPS) is 20.1. The first-order valence-corrected chi connectivity index (χ1v) is 7.57. The standard InChI is InChI=1S/C16H23N3O/c1-3-17-15(11-5-4-6-11)12-7-8-14-13(9-12)10-19(2)16(20)18-14/h7-9,11,15,17H,3-6,10H2,1-2H3,(H,18,20). The van der Waals surface area contributed by atoms with Crippen molar-refractivity contribution in [1.29, 1.82) is 0 Å². The number of fused-ring (bicyclic) bond motifs is 1. The van der Waals surface area contributed by atoms with Crippen LogP contribution in [0.1, 0.15) is 43.4 Å². The molecule has 0 saturated heterocycles. The minimum Gasteiger partial charge on any atom is -0.323 e. The number of hydrogen-bond acceptors (Lipinski definition) is 2. The molecule has 20 heavy (non-hydrogen) atoms. The Morgan fingerprint density at radius 3 is 2.90 bits per heavy atom. The molecule has 0 radical (unpaired) electrons. The third-order valence-corrected chi connectivity index (χ3v) is 4.53. The summed E-state index contributed by atoms with van der Waals surface area (Å²) in [5.41, 5.74) is 3.53. The van der Waals surface area contributed by atoms with Gasteiger partial charge in [-0.05, 0) is 42.5 Å². The van der Waals surface area contributed by atoms with Crippen molar-refractivity contribution in [2.45, 2.75) is 38.8 Å². The molecule has 1 atom stereocenters. The highest BCUT2D eigenvalue weighted by Crippen LogP contribution is 2.38. The van der Waals surface area contributed by atoms with Crippen LogP contribution in [-0.2, 0) is 6.54 Å². The lowest BCUT2D eigenvalue weighted by Crippen LogP contribution is -2.36. The molecule has 108 valence electrons. The molecule has 1 heterocycles. The molecule has 1 fully saturated rings. The molecule has 3 rings (SSSR count). The quantitative estimate of drug-likeness (QED) is 0.885. The molecule has 4 heteroatoms. The predicted octanol–water partition coefficient (Wildman–Crippen LogP) is 3.11. The highest BCUT2D eigenvalue weighted by molar-refractivity contribution is 5.92. The molecular formula is C16H23N3O. The smallest absolute Gasteiger partial charge is 0.321 e. The SMILES string of the molecule is CCNC(c1ccc2c(c1)CN(C)C(=O)N2)C1CCC1. The maximum absolute atomic E-state index is 11.6. The zero-order valence-electron chi connectivity index (χ0n) is 12.3. The first kappa shape index (κ1) is 13.4. The number of anilines is 1. The highest BCUT2D eigenvalue weighted by atomic mass is 16.2. The monoisotopic (exact) mass is 273 g/mol. The van der Waals surface area contributed by atoms with Gasteiger partial charge in [-0.3, -0.25) is 0 Å². The van der Waals surface area contributed by atoms with Crippen LogP contribution in [-0.4, -0.2) is 24.5 Å². The summed E-state index contributed by atoms with van der Waals surface area (Å²) in [5.74, 6) is 0.768. The van der Waals surface area contributed by atoms with E-state index in [9.17, 15) is 4.79 Å². The lowest BCUT2D eigenvalue weighted by atomic mass is 9.77. The summed E-state index contributed by atoms with van der Waals surface area (Å²) in [7, 11) is 1.83. The molecule has 0 spiro atoms. The van der Waals surface area contributed by atoms with Gasteiger partial charge in [-0.1, -0.05) is 25.5 Å². The fourth-order valence-electron chi connectivity index (χ4n) is 3.15. The number of carbonyl (C=O) groups is 1. The Balaban J connectivity index is 1.86. The van der Waals surface area contributed by atoms with E-state index >= 15 is 0 Å². The largest absolute Gasteiger partial charge is 0.323 e. The van der Waals surface area contributed by atoms with Gasteiger partial charge in [0.1, 0.15) is 0 Å². The summed E-state index contributed by atoms with van der Waals surface area (Å²) in [6.07, 6.45) is 4.01. The van der Waals surface area contributed by atoms with Gasteiger partial charge in [0, 0.05) is 25.3 Å². The Bertz CT molecular complexity index is 510. The molecule has 1 unspecified atom stereocenters. The molecule has 1 aromatic rings. The van der Waals surface area contributed by atoms with E-state index in [0.717, 1.165) is 18.2 Å². The van der Waals surface area contributed by atoms with Crippen LogP contribution in [0.25, 0.3) is 0 Å². The second-order valence-corrected chi connectivity index (χ2v) is 5.93. The van der Waals surface area contributed by atoms with Crippen LogP contribution >= 0.6 is 0 Å². The molecule has 1 aliphatic heterocycles. The second-order valence-electron chi connectivity index (χ2n) is 5.93. The van der Waals surface area contributed by atoms with E-state index in [-0.39, 0.29) is 6.03 Å². The van der Waals surface area contributed by atoms with Crippen molar-refractivity contribution in [3.63, 3.8) is 0 Å². The zero-order chi connectivity index (χ0) is 14.1. The predicted molar refractivity (Wildman–Crippen MR) is 80.7 cm³/mol. The van der Waals surface area contributed by atoms with Gasteiger partial charge in [0.15, 0.2) is 0 Å². The van der Waals surface area contributed by atoms with E-state index in [4.69, 9.17) is 0 Å². The van der Waals surface area contributed by atoms with Crippen LogP contribution in [0.5, 0.6) is 0 Å². The number of benzene rings is 1. The van der Waals surface area contributed by atoms with Crippen molar-refractivity contribution in [2.75, 3.05) is 18.9 Å². The van der Waals surface area contributed by atoms with Gasteiger partial charge in [0.2, 0.25) is 0 Å². The van der Waals surface area contributed by atoms with Crippen LogP contribution in [0.15, 0.2) is 18.2 Å². The van der Waals surface area contributed by atoms with E-state index < -0.39 is 0 Å². The van der Waals surface area contributed by atoms with Gasteiger partial charge in [0.05, 0.1) is 0 Å². The molecule has 1 saturated carbocycles. The van der Waals surface area contributed by atoms with Gasteiger partial charge in [-0.2, -0.15) is 0 Å². The Hall–Kier alpha value is -1.55. The Morgan fingerprint density at radius 2 is 2.25 bits per heavy atom. The van der Waals surface area contributed by atoms with E-state index in [1.807, 2.05) is 7.05 Å². The number of nitrogens with zero attached hydrogens (tertiary/aromatic N) is 1. The highest BCUT2D eigenvalue weighted by Gasteiger charge is 2.29. The maximum Gasteiger partial charge on any atom is 0.321 e. The minimum atomic E-state index is -0.0209. The van der Waals surface area contributed by atoms with Crippen molar-refractivity contribution >= 4 is 11.7 Å². The van der Waals surface area contributed by atoms with Crippen LogP contribution in [0.3, 0.4) is 0 Å². The first-order valence-electron chi connectivity index (χ1n) is 7.57. The van der Waals surface area contributed by atoms with Crippen LogP contribution in [0.4, 0.5) is 10.5 Å². The van der Waals surface area contributed by atoms with Gasteiger partial charge in [-0.15, -0.1) is 0 Å². The second kappa shape index (κ2) is 5.44. The number of hydrogen-bond donors (Lipinski definition) is 2. The first-order chi connectivity index (χ1) is 9.69. The molecule has 0 aromatic heterocycles. The summed E-state index contributed by atoms with van der Waals surface area (Å²) in [6, 6.07) is 6.92. The van der Waals surface area contributed by atoms with E-state index in [0.29, 0.717) is 12.6 Å². The van der Waals surface area contributed by atoms with Crippen LogP contribution < -0.4 is 10.6 Å². The fraction of sp³-hybridized carbons (Fsp3) is 0.562. The summed E-state index contributed by atoms with van der Waals surface area (Å²) >= 11 is 0. The molecule has 0 bridgehead atoms. The molecule has 1 aliphatic carbocycles. The summed E-state index contributed by atoms with van der Waals surface area (Å²) in [6.45, 7) is 3.85. The molecular weight excluding hydrogens is 250 g/mol. The van der Waals surface area contributed by atoms with Gasteiger partial charge < -0.3 is 15.5 Å². The van der Waals surface area contributed by atoms with Gasteiger partial charge in [-0.25, -0.2) is 4.79 Å². The number of rotatable bonds is 4. The van der Waals surface area contributed by atoms with Crippen molar-refractivity contribution in [3.8, 4) is 0 Å². The van der Waals surface area contributed by atoms with Gasteiger partial charge in [0.25, 0.3) is 0 Å². The van der Waals surface area contributed by atoms with Crippen LogP contribution in [0, 0.1) is 5.92 Å². The molecule has 4 nitrogen and oxygen atoms in total. The third kappa shape index (κ3) is 2.40. The average Bonchev–Trinajstić information content (AvgIpc) is 2.37. The third-order valence-electron chi connectivity index (χ3n) is 4.53. The Kier molecular flexibility index (Phi) is 3.66. The van der Waals surface area contributed by atoms with Crippen LogP contribution in [0.2, 0.25) is 0 Å². The molecule has 2 amide bonds. The number of carbonyl (C=O) groups excluding carboxylic acids is 1. The van der Waals surface area contributed by atoms with E-state index in [1.165, 1.54) is 30.4 Å². The number of amides is 2. The topological polar surface area (TPSA) is 44.4 Å². The molecule has 1 aromatic carbocycles. The number of nitrogens with one attached hydrogen (secondary N) is 2. The van der Waals surface area contributed by atoms with E-state index in [2.05, 4.69) is 35.8 Å².